The highest BCUT2D eigenvalue weighted by atomic mass is 32.1. The van der Waals surface area contributed by atoms with Gasteiger partial charge in [0.15, 0.2) is 4.96 Å². The van der Waals surface area contributed by atoms with Gasteiger partial charge in [-0.2, -0.15) is 13.2 Å². The second kappa shape index (κ2) is 6.38. The third kappa shape index (κ3) is 2.69. The zero-order valence-corrected chi connectivity index (χ0v) is 16.2. The number of aliphatic hydroxyl groups is 1. The molecule has 2 aromatic carbocycles. The van der Waals surface area contributed by atoms with E-state index < -0.39 is 16.8 Å². The lowest BCUT2D eigenvalue weighted by molar-refractivity contribution is -0.249. The Hall–Kier alpha value is -2.75. The first-order valence-electron chi connectivity index (χ1n) is 8.56. The fraction of sp³-hybridized carbons (Fsp3) is 0.100. The maximum atomic E-state index is 14.5. The van der Waals surface area contributed by atoms with Crippen molar-refractivity contribution in [3.05, 3.63) is 76.9 Å². The number of nitrogens with zero attached hydrogens (tertiary/aromatic N) is 3. The number of alkyl halides is 3. The van der Waals surface area contributed by atoms with Crippen molar-refractivity contribution in [2.75, 3.05) is 0 Å². The summed E-state index contributed by atoms with van der Waals surface area (Å²) in [7, 11) is 0. The summed E-state index contributed by atoms with van der Waals surface area (Å²) in [5.74, 6) is 0. The first-order chi connectivity index (χ1) is 13.9. The van der Waals surface area contributed by atoms with Gasteiger partial charge in [0.25, 0.3) is 5.60 Å². The number of halogens is 3. The number of benzene rings is 2. The minimum absolute atomic E-state index is 0.0801. The molecule has 5 rings (SSSR count). The van der Waals surface area contributed by atoms with E-state index in [0.29, 0.717) is 20.7 Å². The van der Waals surface area contributed by atoms with Crippen molar-refractivity contribution in [1.82, 2.24) is 14.4 Å². The van der Waals surface area contributed by atoms with Gasteiger partial charge in [-0.05, 0) is 12.1 Å². The molecule has 0 bridgehead atoms. The van der Waals surface area contributed by atoms with E-state index in [2.05, 4.69) is 9.97 Å². The molecule has 0 fully saturated rings. The molecule has 3 heterocycles. The molecule has 0 aliphatic heterocycles. The molecule has 0 radical (unpaired) electrons. The fourth-order valence-corrected chi connectivity index (χ4v) is 5.10. The Labute approximate surface area is 170 Å². The Balaban J connectivity index is 1.87. The van der Waals surface area contributed by atoms with Gasteiger partial charge in [-0.1, -0.05) is 42.5 Å². The summed E-state index contributed by atoms with van der Waals surface area (Å²) in [4.78, 5) is 8.91. The molecule has 0 amide bonds. The minimum Gasteiger partial charge on any atom is -0.369 e. The third-order valence-electron chi connectivity index (χ3n) is 4.67. The number of hydrogen-bond donors (Lipinski definition) is 1. The second-order valence-electron chi connectivity index (χ2n) is 6.43. The summed E-state index contributed by atoms with van der Waals surface area (Å²) >= 11 is 2.03. The largest absolute Gasteiger partial charge is 0.429 e. The summed E-state index contributed by atoms with van der Waals surface area (Å²) in [6, 6.07) is 15.3. The molecule has 146 valence electrons. The molecule has 0 saturated carbocycles. The first kappa shape index (κ1) is 18.3. The SMILES string of the molecule is OC(c1nc2ccccc2s1)(c1c(-c2ccccc2)nc2sccn12)C(F)(F)F. The van der Waals surface area contributed by atoms with Crippen molar-refractivity contribution in [1.29, 1.82) is 0 Å². The zero-order valence-electron chi connectivity index (χ0n) is 14.6. The van der Waals surface area contributed by atoms with Crippen LogP contribution in [0.1, 0.15) is 10.7 Å². The van der Waals surface area contributed by atoms with Crippen molar-refractivity contribution in [2.45, 2.75) is 11.8 Å². The van der Waals surface area contributed by atoms with Gasteiger partial charge >= 0.3 is 6.18 Å². The van der Waals surface area contributed by atoms with Crippen molar-refractivity contribution in [3.8, 4) is 11.3 Å². The van der Waals surface area contributed by atoms with Gasteiger partial charge in [0.1, 0.15) is 5.01 Å². The summed E-state index contributed by atoms with van der Waals surface area (Å²) in [5, 5.41) is 12.5. The molecule has 0 aliphatic carbocycles. The molecule has 9 heteroatoms. The van der Waals surface area contributed by atoms with E-state index in [4.69, 9.17) is 0 Å². The topological polar surface area (TPSA) is 50.4 Å². The second-order valence-corrected chi connectivity index (χ2v) is 8.33. The van der Waals surface area contributed by atoms with Crippen LogP contribution >= 0.6 is 22.7 Å². The van der Waals surface area contributed by atoms with Crippen molar-refractivity contribution in [3.63, 3.8) is 0 Å². The first-order valence-corrected chi connectivity index (χ1v) is 10.3. The molecular formula is C20H12F3N3OS2. The Morgan fingerprint density at radius 3 is 2.38 bits per heavy atom. The predicted octanol–water partition coefficient (Wildman–Crippen LogP) is 5.47. The Bertz CT molecular complexity index is 1290. The number of para-hydroxylation sites is 1. The smallest absolute Gasteiger partial charge is 0.369 e. The summed E-state index contributed by atoms with van der Waals surface area (Å²) in [5.41, 5.74) is -2.70. The highest BCUT2D eigenvalue weighted by Crippen LogP contribution is 2.49. The lowest BCUT2D eigenvalue weighted by Gasteiger charge is -2.29. The maximum Gasteiger partial charge on any atom is 0.429 e. The van der Waals surface area contributed by atoms with Gasteiger partial charge in [-0.15, -0.1) is 22.7 Å². The van der Waals surface area contributed by atoms with Crippen LogP contribution in [0.15, 0.2) is 66.2 Å². The lowest BCUT2D eigenvalue weighted by Crippen LogP contribution is -2.44. The van der Waals surface area contributed by atoms with E-state index in [9.17, 15) is 18.3 Å². The predicted molar refractivity (Wildman–Crippen MR) is 107 cm³/mol. The van der Waals surface area contributed by atoms with Gasteiger partial charge < -0.3 is 5.11 Å². The molecule has 1 unspecified atom stereocenters. The van der Waals surface area contributed by atoms with E-state index in [1.54, 1.807) is 60.0 Å². The van der Waals surface area contributed by atoms with Gasteiger partial charge in [0.05, 0.1) is 21.6 Å². The Morgan fingerprint density at radius 1 is 0.931 bits per heavy atom. The van der Waals surface area contributed by atoms with Crippen molar-refractivity contribution in [2.24, 2.45) is 0 Å². The fourth-order valence-electron chi connectivity index (χ4n) is 3.31. The van der Waals surface area contributed by atoms with Gasteiger partial charge in [0, 0.05) is 17.1 Å². The van der Waals surface area contributed by atoms with Crippen LogP contribution in [0.4, 0.5) is 13.2 Å². The van der Waals surface area contributed by atoms with E-state index in [0.717, 1.165) is 11.3 Å². The molecule has 1 N–H and O–H groups in total. The summed E-state index contributed by atoms with van der Waals surface area (Å²) < 4.78 is 45.3. The Morgan fingerprint density at radius 2 is 1.66 bits per heavy atom. The molecule has 0 saturated heterocycles. The summed E-state index contributed by atoms with van der Waals surface area (Å²) in [6.45, 7) is 0. The van der Waals surface area contributed by atoms with Crippen LogP contribution in [0.25, 0.3) is 26.4 Å². The number of imidazole rings is 1. The molecule has 3 aromatic heterocycles. The monoisotopic (exact) mass is 431 g/mol. The number of fused-ring (bicyclic) bond motifs is 2. The highest BCUT2D eigenvalue weighted by molar-refractivity contribution is 7.18. The maximum absolute atomic E-state index is 14.5. The normalized spacial score (nSPS) is 14.5. The molecule has 1 atom stereocenters. The van der Waals surface area contributed by atoms with E-state index in [1.165, 1.54) is 21.9 Å². The van der Waals surface area contributed by atoms with Crippen LogP contribution in [0.5, 0.6) is 0 Å². The Kier molecular flexibility index (Phi) is 4.02. The third-order valence-corrected chi connectivity index (χ3v) is 6.57. The molecule has 4 nitrogen and oxygen atoms in total. The quantitative estimate of drug-likeness (QED) is 0.412. The minimum atomic E-state index is -5.01. The number of aromatic nitrogens is 3. The average Bonchev–Trinajstić information content (AvgIpc) is 3.40. The van der Waals surface area contributed by atoms with Crippen LogP contribution in [-0.4, -0.2) is 25.7 Å². The summed E-state index contributed by atoms with van der Waals surface area (Å²) in [6.07, 6.45) is -3.53. The number of hydrogen-bond acceptors (Lipinski definition) is 5. The number of rotatable bonds is 3. The molecular weight excluding hydrogens is 419 g/mol. The van der Waals surface area contributed by atoms with Gasteiger partial charge in [-0.3, -0.25) is 4.40 Å². The van der Waals surface area contributed by atoms with Crippen LogP contribution in [0, 0.1) is 0 Å². The van der Waals surface area contributed by atoms with Crippen LogP contribution in [0.2, 0.25) is 0 Å². The standard InChI is InChI=1S/C20H12F3N3OS2/c21-20(22,23)19(27,17-24-13-8-4-5-9-14(13)29-17)16-15(12-6-2-1-3-7-12)25-18-26(16)10-11-28-18/h1-11,27H. The molecule has 0 aliphatic rings. The van der Waals surface area contributed by atoms with E-state index in [1.807, 2.05) is 0 Å². The molecule has 29 heavy (non-hydrogen) atoms. The average molecular weight is 431 g/mol. The van der Waals surface area contributed by atoms with Crippen LogP contribution < -0.4 is 0 Å². The highest BCUT2D eigenvalue weighted by Gasteiger charge is 2.61. The van der Waals surface area contributed by atoms with Crippen LogP contribution in [0.3, 0.4) is 0 Å². The van der Waals surface area contributed by atoms with Crippen molar-refractivity contribution < 1.29 is 18.3 Å². The van der Waals surface area contributed by atoms with E-state index >= 15 is 0 Å². The van der Waals surface area contributed by atoms with Crippen molar-refractivity contribution >= 4 is 37.9 Å². The molecule has 5 aromatic rings. The lowest BCUT2D eigenvalue weighted by atomic mass is 9.95. The van der Waals surface area contributed by atoms with Gasteiger partial charge in [0.2, 0.25) is 0 Å². The van der Waals surface area contributed by atoms with Gasteiger partial charge in [-0.25, -0.2) is 9.97 Å². The zero-order chi connectivity index (χ0) is 20.2. The molecule has 0 spiro atoms. The van der Waals surface area contributed by atoms with Crippen LogP contribution in [-0.2, 0) is 5.60 Å². The number of thiazole rings is 2. The van der Waals surface area contributed by atoms with E-state index in [-0.39, 0.29) is 11.4 Å².